The van der Waals surface area contributed by atoms with Crippen LogP contribution in [-0.4, -0.2) is 19.7 Å². The van der Waals surface area contributed by atoms with Crippen molar-refractivity contribution in [3.8, 4) is 11.5 Å². The first-order chi connectivity index (χ1) is 11.0. The van der Waals surface area contributed by atoms with Crippen molar-refractivity contribution in [3.63, 3.8) is 0 Å². The molecule has 0 aliphatic rings. The van der Waals surface area contributed by atoms with Crippen molar-refractivity contribution in [1.29, 1.82) is 0 Å². The van der Waals surface area contributed by atoms with Crippen LogP contribution in [0, 0.1) is 3.57 Å². The third-order valence-corrected chi connectivity index (χ3v) is 4.05. The molecule has 0 bridgehead atoms. The molecule has 0 saturated carbocycles. The van der Waals surface area contributed by atoms with E-state index in [1.807, 2.05) is 24.3 Å². The number of halogens is 2. The zero-order valence-electron chi connectivity index (χ0n) is 12.8. The van der Waals surface area contributed by atoms with Gasteiger partial charge in [0, 0.05) is 5.02 Å². The van der Waals surface area contributed by atoms with Gasteiger partial charge in [-0.25, -0.2) is 4.79 Å². The van der Waals surface area contributed by atoms with Gasteiger partial charge >= 0.3 is 5.97 Å². The summed E-state index contributed by atoms with van der Waals surface area (Å²) in [6, 6.07) is 10.8. The Morgan fingerprint density at radius 1 is 1.26 bits per heavy atom. The molecule has 0 aliphatic carbocycles. The first-order valence-corrected chi connectivity index (χ1v) is 8.42. The first-order valence-electron chi connectivity index (χ1n) is 6.97. The Bertz CT molecular complexity index is 703. The highest BCUT2D eigenvalue weighted by Crippen LogP contribution is 2.34. The molecule has 122 valence electrons. The van der Waals surface area contributed by atoms with E-state index in [-0.39, 0.29) is 5.97 Å². The maximum absolute atomic E-state index is 11.9. The summed E-state index contributed by atoms with van der Waals surface area (Å²) in [5, 5.41) is 0.658. The van der Waals surface area contributed by atoms with Gasteiger partial charge in [-0.1, -0.05) is 23.7 Å². The van der Waals surface area contributed by atoms with Gasteiger partial charge < -0.3 is 14.2 Å². The molecule has 0 spiro atoms. The molecule has 23 heavy (non-hydrogen) atoms. The molecule has 0 amide bonds. The summed E-state index contributed by atoms with van der Waals surface area (Å²) < 4.78 is 17.0. The number of hydrogen-bond donors (Lipinski definition) is 0. The van der Waals surface area contributed by atoms with Crippen molar-refractivity contribution in [2.45, 2.75) is 13.5 Å². The van der Waals surface area contributed by atoms with E-state index >= 15 is 0 Å². The Morgan fingerprint density at radius 2 is 2.04 bits per heavy atom. The summed E-state index contributed by atoms with van der Waals surface area (Å²) in [4.78, 5) is 11.9. The van der Waals surface area contributed by atoms with Crippen LogP contribution < -0.4 is 9.47 Å². The van der Waals surface area contributed by atoms with Crippen LogP contribution in [0.25, 0.3) is 0 Å². The van der Waals surface area contributed by atoms with Crippen molar-refractivity contribution in [3.05, 3.63) is 56.1 Å². The summed E-state index contributed by atoms with van der Waals surface area (Å²) in [5.41, 5.74) is 1.38. The van der Waals surface area contributed by atoms with E-state index in [2.05, 4.69) is 22.6 Å². The molecule has 0 atom stereocenters. The van der Waals surface area contributed by atoms with Crippen molar-refractivity contribution < 1.29 is 19.0 Å². The van der Waals surface area contributed by atoms with Crippen molar-refractivity contribution in [2.75, 3.05) is 13.7 Å². The van der Waals surface area contributed by atoms with E-state index < -0.39 is 0 Å². The number of methoxy groups -OCH3 is 1. The second-order valence-electron chi connectivity index (χ2n) is 4.63. The molecule has 2 aromatic carbocycles. The minimum Gasteiger partial charge on any atom is -0.493 e. The zero-order valence-corrected chi connectivity index (χ0v) is 15.7. The van der Waals surface area contributed by atoms with Crippen molar-refractivity contribution in [2.24, 2.45) is 0 Å². The minimum atomic E-state index is -0.384. The Balaban J connectivity index is 2.22. The molecule has 0 aromatic heterocycles. The predicted octanol–water partition coefficient (Wildman–Crippen LogP) is 4.71. The van der Waals surface area contributed by atoms with Gasteiger partial charge in [0.1, 0.15) is 6.61 Å². The number of benzene rings is 2. The van der Waals surface area contributed by atoms with Crippen LogP contribution in [0.3, 0.4) is 0 Å². The Labute approximate surface area is 153 Å². The molecular formula is C17H16ClIO4. The van der Waals surface area contributed by atoms with Gasteiger partial charge in [-0.3, -0.25) is 0 Å². The Kier molecular flexibility index (Phi) is 6.53. The van der Waals surface area contributed by atoms with E-state index in [1.54, 1.807) is 19.1 Å². The summed E-state index contributed by atoms with van der Waals surface area (Å²) >= 11 is 8.08. The van der Waals surface area contributed by atoms with Gasteiger partial charge in [0.2, 0.25) is 0 Å². The van der Waals surface area contributed by atoms with Gasteiger partial charge in [-0.05, 0) is 59.3 Å². The second kappa shape index (κ2) is 8.40. The quantitative estimate of drug-likeness (QED) is 0.476. The maximum atomic E-state index is 11.9. The van der Waals surface area contributed by atoms with Crippen LogP contribution in [0.4, 0.5) is 0 Å². The number of hydrogen-bond acceptors (Lipinski definition) is 4. The van der Waals surface area contributed by atoms with Gasteiger partial charge in [0.25, 0.3) is 0 Å². The third-order valence-electron chi connectivity index (χ3n) is 3.01. The lowest BCUT2D eigenvalue weighted by Crippen LogP contribution is -2.07. The highest BCUT2D eigenvalue weighted by molar-refractivity contribution is 14.1. The standard InChI is InChI=1S/C17H16ClIO4/c1-3-22-17(20)12-8-14(19)16(15(9-12)21-2)23-10-11-5-4-6-13(18)7-11/h4-9H,3,10H2,1-2H3. The van der Waals surface area contributed by atoms with Gasteiger partial charge in [0.15, 0.2) is 11.5 Å². The molecule has 0 fully saturated rings. The molecule has 0 unspecified atom stereocenters. The van der Waals surface area contributed by atoms with E-state index in [0.717, 1.165) is 9.13 Å². The van der Waals surface area contributed by atoms with Gasteiger partial charge in [0.05, 0.1) is 22.9 Å². The zero-order chi connectivity index (χ0) is 16.8. The summed E-state index contributed by atoms with van der Waals surface area (Å²) in [5.74, 6) is 0.688. The number of rotatable bonds is 6. The summed E-state index contributed by atoms with van der Waals surface area (Å²) in [7, 11) is 1.53. The summed E-state index contributed by atoms with van der Waals surface area (Å²) in [6.45, 7) is 2.44. The van der Waals surface area contributed by atoms with Crippen LogP contribution in [0.2, 0.25) is 5.02 Å². The van der Waals surface area contributed by atoms with Crippen LogP contribution >= 0.6 is 34.2 Å². The average Bonchev–Trinajstić information content (AvgIpc) is 2.53. The van der Waals surface area contributed by atoms with Crippen LogP contribution in [0.15, 0.2) is 36.4 Å². The summed E-state index contributed by atoms with van der Waals surface area (Å²) in [6.07, 6.45) is 0. The number of esters is 1. The fraction of sp³-hybridized carbons (Fsp3) is 0.235. The molecule has 0 radical (unpaired) electrons. The lowest BCUT2D eigenvalue weighted by Gasteiger charge is -2.14. The average molecular weight is 447 g/mol. The molecule has 2 rings (SSSR count). The van der Waals surface area contributed by atoms with Gasteiger partial charge in [-0.15, -0.1) is 0 Å². The predicted molar refractivity (Wildman–Crippen MR) is 97.5 cm³/mol. The molecule has 0 N–H and O–H groups in total. The molecular weight excluding hydrogens is 431 g/mol. The molecule has 0 heterocycles. The lowest BCUT2D eigenvalue weighted by atomic mass is 10.2. The van der Waals surface area contributed by atoms with Crippen molar-refractivity contribution >= 4 is 40.2 Å². The molecule has 0 aliphatic heterocycles. The smallest absolute Gasteiger partial charge is 0.338 e. The Morgan fingerprint density at radius 3 is 2.70 bits per heavy atom. The van der Waals surface area contributed by atoms with E-state index in [0.29, 0.717) is 35.3 Å². The van der Waals surface area contributed by atoms with E-state index in [4.69, 9.17) is 25.8 Å². The largest absolute Gasteiger partial charge is 0.493 e. The number of carbonyl (C=O) groups is 1. The fourth-order valence-electron chi connectivity index (χ4n) is 1.97. The lowest BCUT2D eigenvalue weighted by molar-refractivity contribution is 0.0525. The monoisotopic (exact) mass is 446 g/mol. The van der Waals surface area contributed by atoms with Crippen molar-refractivity contribution in [1.82, 2.24) is 0 Å². The molecule has 0 saturated heterocycles. The minimum absolute atomic E-state index is 0.324. The Hall–Kier alpha value is -1.47. The highest BCUT2D eigenvalue weighted by atomic mass is 127. The third kappa shape index (κ3) is 4.75. The topological polar surface area (TPSA) is 44.8 Å². The fourth-order valence-corrected chi connectivity index (χ4v) is 2.94. The van der Waals surface area contributed by atoms with E-state index in [1.165, 1.54) is 7.11 Å². The molecule has 4 nitrogen and oxygen atoms in total. The van der Waals surface area contributed by atoms with Crippen LogP contribution in [-0.2, 0) is 11.3 Å². The van der Waals surface area contributed by atoms with E-state index in [9.17, 15) is 4.79 Å². The number of ether oxygens (including phenoxy) is 3. The molecule has 2 aromatic rings. The number of carbonyl (C=O) groups excluding carboxylic acids is 1. The first kappa shape index (κ1) is 17.9. The van der Waals surface area contributed by atoms with Gasteiger partial charge in [-0.2, -0.15) is 0 Å². The SMILES string of the molecule is CCOC(=O)c1cc(I)c(OCc2cccc(Cl)c2)c(OC)c1. The highest BCUT2D eigenvalue weighted by Gasteiger charge is 2.16. The van der Waals surface area contributed by atoms with Crippen LogP contribution in [0.5, 0.6) is 11.5 Å². The normalized spacial score (nSPS) is 10.3. The second-order valence-corrected chi connectivity index (χ2v) is 6.23. The molecule has 6 heteroatoms. The van der Waals surface area contributed by atoms with Crippen LogP contribution in [0.1, 0.15) is 22.8 Å². The maximum Gasteiger partial charge on any atom is 0.338 e.